The van der Waals surface area contributed by atoms with Gasteiger partial charge in [0.15, 0.2) is 0 Å². The summed E-state index contributed by atoms with van der Waals surface area (Å²) >= 11 is 0. The lowest BCUT2D eigenvalue weighted by Gasteiger charge is -2.39. The Morgan fingerprint density at radius 3 is 2.49 bits per heavy atom. The van der Waals surface area contributed by atoms with E-state index < -0.39 is 29.7 Å². The van der Waals surface area contributed by atoms with Gasteiger partial charge in [-0.2, -0.15) is 10.2 Å². The Morgan fingerprint density at radius 2 is 1.68 bits per heavy atom. The van der Waals surface area contributed by atoms with E-state index in [4.69, 9.17) is 14.2 Å². The van der Waals surface area contributed by atoms with Crippen molar-refractivity contribution in [2.24, 2.45) is 7.05 Å². The van der Waals surface area contributed by atoms with Gasteiger partial charge in [-0.1, -0.05) is 6.07 Å². The predicted octanol–water partition coefficient (Wildman–Crippen LogP) is 3.12. The van der Waals surface area contributed by atoms with Crippen LogP contribution in [0.1, 0.15) is 59.2 Å². The Kier molecular flexibility index (Phi) is 11.8. The molecule has 3 fully saturated rings. The summed E-state index contributed by atoms with van der Waals surface area (Å²) in [6, 6.07) is 9.30. The summed E-state index contributed by atoms with van der Waals surface area (Å²) in [5, 5.41) is 22.9. The number of ether oxygens (including phenoxy) is 3. The van der Waals surface area contributed by atoms with Gasteiger partial charge in [0.05, 0.1) is 86.6 Å². The summed E-state index contributed by atoms with van der Waals surface area (Å²) in [6.45, 7) is 6.32. The molecule has 4 aromatic rings. The van der Waals surface area contributed by atoms with Gasteiger partial charge in [-0.15, -0.1) is 0 Å². The third kappa shape index (κ3) is 8.66. The van der Waals surface area contributed by atoms with Gasteiger partial charge < -0.3 is 30.2 Å². The second kappa shape index (κ2) is 17.4. The van der Waals surface area contributed by atoms with E-state index in [1.54, 1.807) is 18.2 Å². The largest absolute Gasteiger partial charge is 0.382 e. The molecule has 57 heavy (non-hydrogen) atoms. The molecule has 17 heteroatoms. The molecule has 8 rings (SSSR count). The third-order valence-electron chi connectivity index (χ3n) is 11.2. The second-order valence-electron chi connectivity index (χ2n) is 15.0. The highest BCUT2D eigenvalue weighted by molar-refractivity contribution is 6.25. The summed E-state index contributed by atoms with van der Waals surface area (Å²) in [6.07, 6.45) is 10.5. The first-order valence-corrected chi connectivity index (χ1v) is 19.9. The fraction of sp³-hybridized carbons (Fsp3) is 0.500. The molecule has 2 saturated heterocycles. The third-order valence-corrected chi connectivity index (χ3v) is 11.2. The molecule has 1 saturated carbocycles. The van der Waals surface area contributed by atoms with E-state index in [9.17, 15) is 19.2 Å². The fourth-order valence-electron chi connectivity index (χ4n) is 8.37. The number of hydrogen-bond donors (Lipinski definition) is 4. The standard InChI is InChI=1S/C40H50N10O7/c1-47-37-26(23-42-47)21-28(22-33(37)45-27-5-7-30(8-6-27)48-12-16-56-17-13-48)44-29-24-43-49(25-29)14-18-57-20-19-55-15-11-41-32-4-2-3-31-36(32)40(54)50(39(31)53)34-9-10-35(51)46-38(34)52/h2-4,21-25,27,30,34,41,44-45H,5-20H2,1H3,(H,46,51,52). The molecule has 1 unspecified atom stereocenters. The highest BCUT2D eigenvalue weighted by Crippen LogP contribution is 2.34. The van der Waals surface area contributed by atoms with Gasteiger partial charge in [-0.25, -0.2) is 0 Å². The zero-order valence-corrected chi connectivity index (χ0v) is 32.2. The normalized spacial score (nSPS) is 21.6. The summed E-state index contributed by atoms with van der Waals surface area (Å²) in [4.78, 5) is 53.9. The molecule has 1 atom stereocenters. The van der Waals surface area contributed by atoms with Crippen LogP contribution in [0.5, 0.6) is 0 Å². The molecule has 2 aromatic carbocycles. The summed E-state index contributed by atoms with van der Waals surface area (Å²) in [5.74, 6) is -2.14. The molecule has 4 aliphatic rings. The monoisotopic (exact) mass is 782 g/mol. The summed E-state index contributed by atoms with van der Waals surface area (Å²) < 4.78 is 20.8. The second-order valence-corrected chi connectivity index (χ2v) is 15.0. The molecule has 17 nitrogen and oxygen atoms in total. The average Bonchev–Trinajstić information content (AvgIpc) is 3.90. The topological polar surface area (TPSA) is 186 Å². The quantitative estimate of drug-likeness (QED) is 0.0961. The van der Waals surface area contributed by atoms with Crippen LogP contribution in [-0.2, 0) is 37.4 Å². The minimum Gasteiger partial charge on any atom is -0.382 e. The molecule has 2 aromatic heterocycles. The highest BCUT2D eigenvalue weighted by Gasteiger charge is 2.45. The number of fused-ring (bicyclic) bond motifs is 2. The van der Waals surface area contributed by atoms with Crippen molar-refractivity contribution >= 4 is 57.3 Å². The highest BCUT2D eigenvalue weighted by atomic mass is 16.5. The lowest BCUT2D eigenvalue weighted by molar-refractivity contribution is -0.136. The van der Waals surface area contributed by atoms with Crippen molar-refractivity contribution in [2.45, 2.75) is 63.2 Å². The molecule has 5 heterocycles. The van der Waals surface area contributed by atoms with Gasteiger partial charge in [-0.05, 0) is 56.4 Å². The zero-order valence-electron chi connectivity index (χ0n) is 32.2. The maximum absolute atomic E-state index is 13.3. The zero-order chi connectivity index (χ0) is 39.3. The van der Waals surface area contributed by atoms with Gasteiger partial charge in [0.1, 0.15) is 6.04 Å². The van der Waals surface area contributed by atoms with Crippen molar-refractivity contribution in [3.63, 3.8) is 0 Å². The van der Waals surface area contributed by atoms with E-state index in [-0.39, 0.29) is 24.0 Å². The smallest absolute Gasteiger partial charge is 0.264 e. The number of imide groups is 2. The molecule has 4 N–H and O–H groups in total. The molecule has 0 spiro atoms. The Balaban J connectivity index is 0.751. The number of rotatable bonds is 16. The van der Waals surface area contributed by atoms with E-state index in [1.165, 1.54) is 12.8 Å². The maximum Gasteiger partial charge on any atom is 0.264 e. The van der Waals surface area contributed by atoms with Crippen molar-refractivity contribution in [3.8, 4) is 0 Å². The van der Waals surface area contributed by atoms with Crippen molar-refractivity contribution < 1.29 is 33.4 Å². The van der Waals surface area contributed by atoms with Crippen LogP contribution in [0.25, 0.3) is 10.9 Å². The number of nitrogens with zero attached hydrogens (tertiary/aromatic N) is 6. The van der Waals surface area contributed by atoms with Crippen LogP contribution in [-0.4, -0.2) is 130 Å². The van der Waals surface area contributed by atoms with Crippen molar-refractivity contribution in [2.75, 3.05) is 75.2 Å². The number of aryl methyl sites for hydroxylation is 1. The number of aromatic nitrogens is 4. The van der Waals surface area contributed by atoms with Crippen LogP contribution in [0.3, 0.4) is 0 Å². The molecule has 3 aliphatic heterocycles. The summed E-state index contributed by atoms with van der Waals surface area (Å²) in [5.41, 5.74) is 4.95. The molecular formula is C40H50N10O7. The molecule has 1 aliphatic carbocycles. The number of anilines is 4. The van der Waals surface area contributed by atoms with Crippen LogP contribution < -0.4 is 21.3 Å². The first kappa shape index (κ1) is 38.5. The van der Waals surface area contributed by atoms with Gasteiger partial charge >= 0.3 is 0 Å². The Bertz CT molecular complexity index is 2100. The predicted molar refractivity (Wildman–Crippen MR) is 212 cm³/mol. The van der Waals surface area contributed by atoms with Gasteiger partial charge in [0, 0.05) is 68.1 Å². The van der Waals surface area contributed by atoms with E-state index in [2.05, 4.69) is 48.5 Å². The number of morpholine rings is 1. The molecule has 0 bridgehead atoms. The SMILES string of the molecule is Cn1ncc2cc(Nc3cnn(CCOCCOCCNc4cccc5c4C(=O)N(C4CCC(=O)NC4=O)C5=O)c3)cc(NC3CCC(N4CCOCC4)CC3)c21. The van der Waals surface area contributed by atoms with Crippen LogP contribution in [0.15, 0.2) is 48.9 Å². The van der Waals surface area contributed by atoms with Gasteiger partial charge in [-0.3, -0.25) is 43.7 Å². The lowest BCUT2D eigenvalue weighted by Crippen LogP contribution is -2.54. The molecular weight excluding hydrogens is 733 g/mol. The average molecular weight is 783 g/mol. The lowest BCUT2D eigenvalue weighted by atomic mass is 9.89. The van der Waals surface area contributed by atoms with Crippen LogP contribution in [0.2, 0.25) is 0 Å². The number of hydrogen-bond acceptors (Lipinski definition) is 13. The van der Waals surface area contributed by atoms with E-state index in [0.29, 0.717) is 57.3 Å². The van der Waals surface area contributed by atoms with Crippen LogP contribution >= 0.6 is 0 Å². The summed E-state index contributed by atoms with van der Waals surface area (Å²) in [7, 11) is 1.99. The molecule has 302 valence electrons. The number of carbonyl (C=O) groups is 4. The van der Waals surface area contributed by atoms with Gasteiger partial charge in [0.2, 0.25) is 11.8 Å². The molecule has 4 amide bonds. The first-order chi connectivity index (χ1) is 27.8. The number of carbonyl (C=O) groups excluding carboxylic acids is 4. The van der Waals surface area contributed by atoms with Crippen LogP contribution in [0, 0.1) is 0 Å². The number of benzene rings is 2. The minimum atomic E-state index is -1.01. The molecule has 0 radical (unpaired) electrons. The van der Waals surface area contributed by atoms with Crippen molar-refractivity contribution in [1.82, 2.24) is 34.7 Å². The minimum absolute atomic E-state index is 0.0690. The van der Waals surface area contributed by atoms with E-state index in [0.717, 1.165) is 72.0 Å². The van der Waals surface area contributed by atoms with Gasteiger partial charge in [0.25, 0.3) is 11.8 Å². The Morgan fingerprint density at radius 1 is 0.877 bits per heavy atom. The number of piperidine rings is 1. The Hall–Kier alpha value is -5.36. The number of nitrogens with one attached hydrogen (secondary N) is 4. The van der Waals surface area contributed by atoms with E-state index >= 15 is 0 Å². The van der Waals surface area contributed by atoms with E-state index in [1.807, 2.05) is 35.0 Å². The Labute approximate surface area is 330 Å². The fourth-order valence-corrected chi connectivity index (χ4v) is 8.37. The maximum atomic E-state index is 13.3. The first-order valence-electron chi connectivity index (χ1n) is 19.9. The van der Waals surface area contributed by atoms with Crippen molar-refractivity contribution in [3.05, 3.63) is 60.0 Å². The number of amides is 4. The van der Waals surface area contributed by atoms with Crippen molar-refractivity contribution in [1.29, 1.82) is 0 Å². The van der Waals surface area contributed by atoms with Crippen LogP contribution in [0.4, 0.5) is 22.7 Å².